The minimum Gasteiger partial charge on any atom is -0.220 e. The van der Waals surface area contributed by atoms with Gasteiger partial charge >= 0.3 is 0 Å². The number of rotatable bonds is 1. The van der Waals surface area contributed by atoms with Crippen molar-refractivity contribution in [1.82, 2.24) is 14.6 Å². The lowest BCUT2D eigenvalue weighted by molar-refractivity contribution is 0.964. The Morgan fingerprint density at radius 3 is 2.79 bits per heavy atom. The van der Waals surface area contributed by atoms with Gasteiger partial charge in [0, 0.05) is 22.8 Å². The van der Waals surface area contributed by atoms with Gasteiger partial charge in [0.1, 0.15) is 0 Å². The number of hydrogen-bond acceptors (Lipinski definition) is 3. The molecule has 3 aromatic rings. The molecule has 0 aliphatic heterocycles. The van der Waals surface area contributed by atoms with Gasteiger partial charge in [-0.1, -0.05) is 23.2 Å². The summed E-state index contributed by atoms with van der Waals surface area (Å²) in [5, 5.41) is 14.3. The van der Waals surface area contributed by atoms with E-state index in [0.717, 1.165) is 0 Å². The van der Waals surface area contributed by atoms with Gasteiger partial charge in [0.15, 0.2) is 11.5 Å². The first kappa shape index (κ1) is 12.0. The largest absolute Gasteiger partial charge is 0.220 e. The van der Waals surface area contributed by atoms with Gasteiger partial charge < -0.3 is 0 Å². The first-order valence-electron chi connectivity index (χ1n) is 5.39. The smallest absolute Gasteiger partial charge is 0.183 e. The van der Waals surface area contributed by atoms with Crippen molar-refractivity contribution in [3.63, 3.8) is 0 Å². The average molecular weight is 289 g/mol. The molecule has 3 rings (SSSR count). The minimum absolute atomic E-state index is 0.475. The molecule has 0 atom stereocenters. The monoisotopic (exact) mass is 288 g/mol. The molecular weight excluding hydrogens is 283 g/mol. The molecule has 0 fully saturated rings. The first-order chi connectivity index (χ1) is 9.17. The molecular formula is C13H6Cl2N4. The third-order valence-electron chi connectivity index (χ3n) is 2.64. The molecule has 0 radical (unpaired) electrons. The van der Waals surface area contributed by atoms with E-state index in [1.165, 1.54) is 0 Å². The van der Waals surface area contributed by atoms with Crippen LogP contribution in [0, 0.1) is 11.3 Å². The molecule has 4 nitrogen and oxygen atoms in total. The van der Waals surface area contributed by atoms with Gasteiger partial charge in [-0.2, -0.15) is 5.26 Å². The van der Waals surface area contributed by atoms with Crippen LogP contribution in [-0.4, -0.2) is 14.6 Å². The van der Waals surface area contributed by atoms with Gasteiger partial charge in [0.25, 0.3) is 0 Å². The third kappa shape index (κ3) is 2.14. The van der Waals surface area contributed by atoms with Crippen LogP contribution < -0.4 is 0 Å². The van der Waals surface area contributed by atoms with Crippen LogP contribution in [0.3, 0.4) is 0 Å². The van der Waals surface area contributed by atoms with Crippen molar-refractivity contribution in [2.75, 3.05) is 0 Å². The lowest BCUT2D eigenvalue weighted by atomic mass is 10.2. The van der Waals surface area contributed by atoms with Crippen molar-refractivity contribution in [2.24, 2.45) is 0 Å². The Hall–Kier alpha value is -2.09. The highest BCUT2D eigenvalue weighted by Gasteiger charge is 2.11. The summed E-state index contributed by atoms with van der Waals surface area (Å²) in [5.41, 5.74) is 1.78. The number of pyridine rings is 1. The molecule has 2 aromatic heterocycles. The van der Waals surface area contributed by atoms with Gasteiger partial charge in [-0.15, -0.1) is 5.10 Å². The normalized spacial score (nSPS) is 10.6. The Morgan fingerprint density at radius 2 is 2.00 bits per heavy atom. The van der Waals surface area contributed by atoms with Crippen LogP contribution in [-0.2, 0) is 0 Å². The predicted molar refractivity (Wildman–Crippen MR) is 73.2 cm³/mol. The molecule has 1 aromatic carbocycles. The second-order valence-electron chi connectivity index (χ2n) is 3.89. The van der Waals surface area contributed by atoms with Crippen LogP contribution in [0.5, 0.6) is 0 Å². The van der Waals surface area contributed by atoms with Crippen molar-refractivity contribution in [3.05, 3.63) is 52.1 Å². The Balaban J connectivity index is 2.21. The van der Waals surface area contributed by atoms with E-state index in [9.17, 15) is 0 Å². The maximum Gasteiger partial charge on any atom is 0.183 e. The van der Waals surface area contributed by atoms with Crippen molar-refractivity contribution < 1.29 is 0 Å². The summed E-state index contributed by atoms with van der Waals surface area (Å²) in [7, 11) is 0. The summed E-state index contributed by atoms with van der Waals surface area (Å²) in [4.78, 5) is 4.35. The van der Waals surface area contributed by atoms with Crippen LogP contribution >= 0.6 is 23.2 Å². The molecule has 0 unspecified atom stereocenters. The van der Waals surface area contributed by atoms with Gasteiger partial charge in [-0.25, -0.2) is 9.50 Å². The SMILES string of the molecule is N#Cc1ccn2nc(-c3cc(Cl)ccc3Cl)nc2c1. The summed E-state index contributed by atoms with van der Waals surface area (Å²) in [6.45, 7) is 0. The van der Waals surface area contributed by atoms with E-state index in [0.29, 0.717) is 32.6 Å². The molecule has 6 heteroatoms. The molecule has 0 N–H and O–H groups in total. The Kier molecular flexibility index (Phi) is 2.86. The molecule has 0 bridgehead atoms. The van der Waals surface area contributed by atoms with E-state index in [1.807, 2.05) is 0 Å². The van der Waals surface area contributed by atoms with Crippen molar-refractivity contribution in [2.45, 2.75) is 0 Å². The summed E-state index contributed by atoms with van der Waals surface area (Å²) in [5.74, 6) is 0.475. The highest BCUT2D eigenvalue weighted by atomic mass is 35.5. The number of aromatic nitrogens is 3. The standard InChI is InChI=1S/C13H6Cl2N4/c14-9-1-2-11(15)10(6-9)13-17-12-5-8(7-16)3-4-19(12)18-13/h1-6H. The Bertz CT molecular complexity index is 817. The highest BCUT2D eigenvalue weighted by molar-refractivity contribution is 6.35. The molecule has 2 heterocycles. The average Bonchev–Trinajstić information content (AvgIpc) is 2.83. The molecule has 0 aliphatic carbocycles. The number of benzene rings is 1. The quantitative estimate of drug-likeness (QED) is 0.688. The van der Waals surface area contributed by atoms with Gasteiger partial charge in [-0.05, 0) is 24.3 Å². The fourth-order valence-electron chi connectivity index (χ4n) is 1.73. The fourth-order valence-corrected chi connectivity index (χ4v) is 2.11. The van der Waals surface area contributed by atoms with Crippen LogP contribution in [0.2, 0.25) is 10.0 Å². The van der Waals surface area contributed by atoms with Crippen LogP contribution in [0.1, 0.15) is 5.56 Å². The van der Waals surface area contributed by atoms with Gasteiger partial charge in [-0.3, -0.25) is 0 Å². The number of nitrogens with zero attached hydrogens (tertiary/aromatic N) is 4. The van der Waals surface area contributed by atoms with Crippen LogP contribution in [0.15, 0.2) is 36.5 Å². The maximum absolute atomic E-state index is 8.86. The maximum atomic E-state index is 8.86. The molecule has 0 spiro atoms. The fraction of sp³-hybridized carbons (Fsp3) is 0. The zero-order valence-electron chi connectivity index (χ0n) is 9.51. The van der Waals surface area contributed by atoms with Crippen LogP contribution in [0.4, 0.5) is 0 Å². The molecule has 0 saturated carbocycles. The molecule has 19 heavy (non-hydrogen) atoms. The van der Waals surface area contributed by atoms with E-state index >= 15 is 0 Å². The van der Waals surface area contributed by atoms with E-state index < -0.39 is 0 Å². The third-order valence-corrected chi connectivity index (χ3v) is 3.20. The number of halogens is 2. The molecule has 0 aliphatic rings. The van der Waals surface area contributed by atoms with E-state index in [1.54, 1.807) is 41.0 Å². The molecule has 92 valence electrons. The van der Waals surface area contributed by atoms with E-state index in [-0.39, 0.29) is 0 Å². The van der Waals surface area contributed by atoms with Gasteiger partial charge in [0.2, 0.25) is 0 Å². The summed E-state index contributed by atoms with van der Waals surface area (Å²) in [6, 6.07) is 10.5. The first-order valence-corrected chi connectivity index (χ1v) is 6.15. The summed E-state index contributed by atoms with van der Waals surface area (Å²) >= 11 is 12.1. The minimum atomic E-state index is 0.475. The molecule has 0 saturated heterocycles. The number of nitriles is 1. The van der Waals surface area contributed by atoms with Crippen molar-refractivity contribution in [1.29, 1.82) is 5.26 Å². The zero-order chi connectivity index (χ0) is 13.4. The van der Waals surface area contributed by atoms with E-state index in [4.69, 9.17) is 28.5 Å². The number of fused-ring (bicyclic) bond motifs is 1. The zero-order valence-corrected chi connectivity index (χ0v) is 11.0. The number of hydrogen-bond donors (Lipinski definition) is 0. The molecule has 0 amide bonds. The highest BCUT2D eigenvalue weighted by Crippen LogP contribution is 2.28. The predicted octanol–water partition coefficient (Wildman–Crippen LogP) is 3.57. The lowest BCUT2D eigenvalue weighted by Gasteiger charge is -1.99. The second kappa shape index (κ2) is 4.54. The van der Waals surface area contributed by atoms with Crippen molar-refractivity contribution in [3.8, 4) is 17.5 Å². The van der Waals surface area contributed by atoms with Gasteiger partial charge in [0.05, 0.1) is 16.7 Å². The summed E-state index contributed by atoms with van der Waals surface area (Å²) < 4.78 is 1.59. The van der Waals surface area contributed by atoms with E-state index in [2.05, 4.69) is 16.2 Å². The summed E-state index contributed by atoms with van der Waals surface area (Å²) in [6.07, 6.45) is 1.68. The lowest BCUT2D eigenvalue weighted by Crippen LogP contribution is -1.87. The second-order valence-corrected chi connectivity index (χ2v) is 4.73. The van der Waals surface area contributed by atoms with Crippen molar-refractivity contribution >= 4 is 28.8 Å². The Labute approximate surface area is 118 Å². The Morgan fingerprint density at radius 1 is 1.16 bits per heavy atom. The topological polar surface area (TPSA) is 54.0 Å². The van der Waals surface area contributed by atoms with Crippen LogP contribution in [0.25, 0.3) is 17.0 Å².